The van der Waals surface area contributed by atoms with Gasteiger partial charge in [-0.05, 0) is 18.6 Å². The molecule has 2 N–H and O–H groups in total. The summed E-state index contributed by atoms with van der Waals surface area (Å²) in [6.07, 6.45) is 2.94. The number of thioether (sulfide) groups is 1. The van der Waals surface area contributed by atoms with Crippen LogP contribution in [0, 0.1) is 0 Å². The summed E-state index contributed by atoms with van der Waals surface area (Å²) in [5.74, 6) is 2.64. The van der Waals surface area contributed by atoms with Gasteiger partial charge in [0.1, 0.15) is 0 Å². The minimum absolute atomic E-state index is 0.0375. The zero-order valence-corrected chi connectivity index (χ0v) is 10.2. The fourth-order valence-corrected chi connectivity index (χ4v) is 2.92. The quantitative estimate of drug-likeness (QED) is 0.836. The molecule has 1 aromatic heterocycles. The number of nitrogens with two attached hydrogens (primary N) is 1. The SMILES string of the molecule is COC(CN)Cc1nc(C2CCCS2)no1. The van der Waals surface area contributed by atoms with Crippen molar-refractivity contribution in [2.45, 2.75) is 30.6 Å². The molecule has 6 heteroatoms. The smallest absolute Gasteiger partial charge is 0.229 e. The monoisotopic (exact) mass is 243 g/mol. The van der Waals surface area contributed by atoms with E-state index in [0.717, 1.165) is 12.2 Å². The van der Waals surface area contributed by atoms with Gasteiger partial charge < -0.3 is 15.0 Å². The highest BCUT2D eigenvalue weighted by Gasteiger charge is 2.23. The zero-order valence-electron chi connectivity index (χ0n) is 9.39. The first-order valence-electron chi connectivity index (χ1n) is 5.50. The Balaban J connectivity index is 1.96. The van der Waals surface area contributed by atoms with E-state index in [1.54, 1.807) is 7.11 Å². The van der Waals surface area contributed by atoms with Crippen LogP contribution in [0.15, 0.2) is 4.52 Å². The first kappa shape index (κ1) is 11.9. The van der Waals surface area contributed by atoms with Gasteiger partial charge in [-0.25, -0.2) is 0 Å². The molecule has 5 nitrogen and oxygen atoms in total. The number of methoxy groups -OCH3 is 1. The van der Waals surface area contributed by atoms with E-state index in [1.165, 1.54) is 12.2 Å². The lowest BCUT2D eigenvalue weighted by Crippen LogP contribution is -2.24. The molecule has 1 aromatic rings. The first-order chi connectivity index (χ1) is 7.83. The number of aromatic nitrogens is 2. The average Bonchev–Trinajstić information content (AvgIpc) is 2.96. The lowest BCUT2D eigenvalue weighted by Gasteiger charge is -2.08. The fraction of sp³-hybridized carbons (Fsp3) is 0.800. The first-order valence-corrected chi connectivity index (χ1v) is 6.55. The molecule has 0 spiro atoms. The van der Waals surface area contributed by atoms with Crippen LogP contribution in [-0.2, 0) is 11.2 Å². The van der Waals surface area contributed by atoms with Crippen molar-refractivity contribution in [2.24, 2.45) is 5.73 Å². The van der Waals surface area contributed by atoms with E-state index in [0.29, 0.717) is 24.1 Å². The highest BCUT2D eigenvalue weighted by Crippen LogP contribution is 2.38. The molecule has 0 saturated carbocycles. The van der Waals surface area contributed by atoms with Crippen molar-refractivity contribution in [1.29, 1.82) is 0 Å². The zero-order chi connectivity index (χ0) is 11.4. The number of hydrogen-bond acceptors (Lipinski definition) is 6. The average molecular weight is 243 g/mol. The molecule has 1 fully saturated rings. The van der Waals surface area contributed by atoms with E-state index in [1.807, 2.05) is 11.8 Å². The van der Waals surface area contributed by atoms with Crippen molar-refractivity contribution in [3.8, 4) is 0 Å². The third-order valence-corrected chi connectivity index (χ3v) is 4.07. The molecule has 2 heterocycles. The van der Waals surface area contributed by atoms with Crippen LogP contribution in [0.25, 0.3) is 0 Å². The summed E-state index contributed by atoms with van der Waals surface area (Å²) in [6, 6.07) is 0. The van der Waals surface area contributed by atoms with Crippen molar-refractivity contribution < 1.29 is 9.26 Å². The summed E-state index contributed by atoms with van der Waals surface area (Å²) < 4.78 is 10.4. The highest BCUT2D eigenvalue weighted by molar-refractivity contribution is 7.99. The van der Waals surface area contributed by atoms with Crippen molar-refractivity contribution in [3.63, 3.8) is 0 Å². The Kier molecular flexibility index (Phi) is 4.20. The van der Waals surface area contributed by atoms with Crippen molar-refractivity contribution >= 4 is 11.8 Å². The van der Waals surface area contributed by atoms with Crippen molar-refractivity contribution in [1.82, 2.24) is 10.1 Å². The maximum Gasteiger partial charge on any atom is 0.229 e. The van der Waals surface area contributed by atoms with Gasteiger partial charge in [-0.3, -0.25) is 0 Å². The summed E-state index contributed by atoms with van der Waals surface area (Å²) in [5, 5.41) is 4.43. The second-order valence-electron chi connectivity index (χ2n) is 3.85. The van der Waals surface area contributed by atoms with E-state index in [2.05, 4.69) is 10.1 Å². The summed E-state index contributed by atoms with van der Waals surface area (Å²) >= 11 is 1.90. The second-order valence-corrected chi connectivity index (χ2v) is 5.16. The van der Waals surface area contributed by atoms with Gasteiger partial charge in [0.05, 0.1) is 17.8 Å². The topological polar surface area (TPSA) is 74.2 Å². The standard InChI is InChI=1S/C10H17N3O2S/c1-14-7(6-11)5-9-12-10(13-15-9)8-3-2-4-16-8/h7-8H,2-6,11H2,1H3. The molecular weight excluding hydrogens is 226 g/mol. The summed E-state index contributed by atoms with van der Waals surface area (Å²) in [7, 11) is 1.64. The third-order valence-electron chi connectivity index (χ3n) is 2.70. The Labute approximate surface area is 99.1 Å². The van der Waals surface area contributed by atoms with Crippen LogP contribution >= 0.6 is 11.8 Å². The number of ether oxygens (including phenoxy) is 1. The molecule has 0 aromatic carbocycles. The van der Waals surface area contributed by atoms with Crippen LogP contribution in [0.4, 0.5) is 0 Å². The summed E-state index contributed by atoms with van der Waals surface area (Å²) in [6.45, 7) is 0.465. The lowest BCUT2D eigenvalue weighted by atomic mass is 10.2. The van der Waals surface area contributed by atoms with Crippen LogP contribution in [0.2, 0.25) is 0 Å². The Morgan fingerprint density at radius 1 is 1.69 bits per heavy atom. The lowest BCUT2D eigenvalue weighted by molar-refractivity contribution is 0.102. The molecule has 2 rings (SSSR count). The second kappa shape index (κ2) is 5.65. The van der Waals surface area contributed by atoms with Crippen LogP contribution in [0.1, 0.15) is 29.8 Å². The van der Waals surface area contributed by atoms with Gasteiger partial charge in [-0.1, -0.05) is 5.16 Å². The molecule has 2 atom stereocenters. The van der Waals surface area contributed by atoms with Crippen LogP contribution < -0.4 is 5.73 Å². The maximum absolute atomic E-state index is 5.54. The molecule has 0 aliphatic carbocycles. The van der Waals surface area contributed by atoms with Crippen LogP contribution in [0.5, 0.6) is 0 Å². The third kappa shape index (κ3) is 2.75. The summed E-state index contributed by atoms with van der Waals surface area (Å²) in [4.78, 5) is 4.39. The van der Waals surface area contributed by atoms with E-state index in [4.69, 9.17) is 15.0 Å². The molecule has 0 bridgehead atoms. The molecular formula is C10H17N3O2S. The van der Waals surface area contributed by atoms with Crippen molar-refractivity contribution in [3.05, 3.63) is 11.7 Å². The van der Waals surface area contributed by atoms with Gasteiger partial charge >= 0.3 is 0 Å². The fourth-order valence-electron chi connectivity index (χ4n) is 1.72. The Hall–Kier alpha value is -0.590. The van der Waals surface area contributed by atoms with Gasteiger partial charge in [0.25, 0.3) is 0 Å². The molecule has 16 heavy (non-hydrogen) atoms. The molecule has 2 unspecified atom stereocenters. The van der Waals surface area contributed by atoms with Crippen molar-refractivity contribution in [2.75, 3.05) is 19.4 Å². The predicted molar refractivity (Wildman–Crippen MR) is 62.3 cm³/mol. The van der Waals surface area contributed by atoms with Crippen LogP contribution in [-0.4, -0.2) is 35.7 Å². The minimum Gasteiger partial charge on any atom is -0.380 e. The van der Waals surface area contributed by atoms with Gasteiger partial charge in [0.2, 0.25) is 5.89 Å². The Bertz CT molecular complexity index is 322. The molecule has 90 valence electrons. The van der Waals surface area contributed by atoms with Crippen LogP contribution in [0.3, 0.4) is 0 Å². The van der Waals surface area contributed by atoms with Gasteiger partial charge in [-0.15, -0.1) is 0 Å². The van der Waals surface area contributed by atoms with E-state index in [-0.39, 0.29) is 6.10 Å². The van der Waals surface area contributed by atoms with Gasteiger partial charge in [-0.2, -0.15) is 16.7 Å². The Morgan fingerprint density at radius 2 is 2.56 bits per heavy atom. The molecule has 1 saturated heterocycles. The van der Waals surface area contributed by atoms with E-state index >= 15 is 0 Å². The molecule has 0 radical (unpaired) electrons. The Morgan fingerprint density at radius 3 is 3.19 bits per heavy atom. The molecule has 1 aliphatic heterocycles. The maximum atomic E-state index is 5.54. The van der Waals surface area contributed by atoms with Gasteiger partial charge in [0, 0.05) is 13.7 Å². The number of rotatable bonds is 5. The number of hydrogen-bond donors (Lipinski definition) is 1. The van der Waals surface area contributed by atoms with E-state index in [9.17, 15) is 0 Å². The number of nitrogens with zero attached hydrogens (tertiary/aromatic N) is 2. The largest absolute Gasteiger partial charge is 0.380 e. The highest BCUT2D eigenvalue weighted by atomic mass is 32.2. The molecule has 0 amide bonds. The normalized spacial score (nSPS) is 22.5. The summed E-state index contributed by atoms with van der Waals surface area (Å²) in [5.41, 5.74) is 5.54. The van der Waals surface area contributed by atoms with Gasteiger partial charge in [0.15, 0.2) is 5.82 Å². The minimum atomic E-state index is -0.0375. The molecule has 1 aliphatic rings. The van der Waals surface area contributed by atoms with E-state index < -0.39 is 0 Å². The predicted octanol–water partition coefficient (Wildman–Crippen LogP) is 1.15.